The van der Waals surface area contributed by atoms with Crippen LogP contribution in [0.15, 0.2) is 180 Å². The molecule has 6 heteroatoms. The maximum Gasteiger partial charge on any atom is 0.167 e. The molecule has 57 heavy (non-hydrogen) atoms. The van der Waals surface area contributed by atoms with E-state index in [1.54, 1.807) is 11.3 Å². The van der Waals surface area contributed by atoms with E-state index in [1.165, 1.54) is 0 Å². The highest BCUT2D eigenvalue weighted by molar-refractivity contribution is 7.26. The summed E-state index contributed by atoms with van der Waals surface area (Å²) in [5.41, 5.74) is 5.78. The van der Waals surface area contributed by atoms with E-state index in [-0.39, 0.29) is 53.5 Å². The Morgan fingerprint density at radius 3 is 2.00 bits per heavy atom. The van der Waals surface area contributed by atoms with Crippen LogP contribution in [0.5, 0.6) is 0 Å². The first-order valence-electron chi connectivity index (χ1n) is 21.4. The predicted molar refractivity (Wildman–Crippen MR) is 240 cm³/mol. The van der Waals surface area contributed by atoms with Gasteiger partial charge in [0.2, 0.25) is 0 Å². The Kier molecular flexibility index (Phi) is 6.00. The Hall–Kier alpha value is -6.99. The maximum atomic E-state index is 9.78. The second kappa shape index (κ2) is 12.8. The van der Waals surface area contributed by atoms with Crippen molar-refractivity contribution in [1.82, 2.24) is 15.0 Å². The van der Waals surface area contributed by atoms with Crippen molar-refractivity contribution in [2.75, 3.05) is 0 Å². The first-order valence-corrected chi connectivity index (χ1v) is 20.1. The van der Waals surface area contributed by atoms with Gasteiger partial charge >= 0.3 is 0 Å². The average Bonchev–Trinajstić information content (AvgIpc) is 4.03. The van der Waals surface area contributed by atoms with Crippen molar-refractivity contribution in [2.45, 2.75) is 0 Å². The Morgan fingerprint density at radius 2 is 1.11 bits per heavy atom. The largest absolute Gasteiger partial charge is 0.455 e. The van der Waals surface area contributed by atoms with E-state index in [4.69, 9.17) is 22.1 Å². The number of benzene rings is 8. The SMILES string of the molecule is [2H]c1c([2H])c(-c2ccc3c(c2)sc2ccccc23)c2c(sc3c([2H])c(-c4nc(-c5ccc(-c6ccccc6)cc5)nc(-c5cccc6c5oc5ccccc56)n4)c([2H])c([2H])c32)c1[2H]. The molecule has 0 fully saturated rings. The number of nitrogens with zero attached hydrogens (tertiary/aromatic N) is 3. The summed E-state index contributed by atoms with van der Waals surface area (Å²) in [6.07, 6.45) is 0. The van der Waals surface area contributed by atoms with Gasteiger partial charge in [-0.25, -0.2) is 15.0 Å². The third-order valence-electron chi connectivity index (χ3n) is 10.5. The van der Waals surface area contributed by atoms with Gasteiger partial charge in [0.15, 0.2) is 17.5 Å². The number of rotatable bonds is 5. The first kappa shape index (κ1) is 26.8. The van der Waals surface area contributed by atoms with Crippen LogP contribution in [0.4, 0.5) is 0 Å². The maximum absolute atomic E-state index is 9.78. The lowest BCUT2D eigenvalue weighted by molar-refractivity contribution is 0.669. The van der Waals surface area contributed by atoms with Crippen LogP contribution in [0.2, 0.25) is 0 Å². The van der Waals surface area contributed by atoms with Gasteiger partial charge in [0.05, 0.1) is 13.8 Å². The van der Waals surface area contributed by atoms with Crippen LogP contribution >= 0.6 is 22.7 Å². The topological polar surface area (TPSA) is 51.8 Å². The van der Waals surface area contributed by atoms with Crippen molar-refractivity contribution in [3.8, 4) is 56.4 Å². The third-order valence-corrected chi connectivity index (χ3v) is 12.6. The summed E-state index contributed by atoms with van der Waals surface area (Å²) in [7, 11) is 0. The molecule has 266 valence electrons. The Balaban J connectivity index is 1.10. The monoisotopic (exact) mass is 769 g/mol. The molecule has 8 aromatic carbocycles. The lowest BCUT2D eigenvalue weighted by Gasteiger charge is -2.10. The first-order chi connectivity index (χ1) is 30.7. The number of hydrogen-bond donors (Lipinski definition) is 0. The molecule has 4 heterocycles. The second-order valence-electron chi connectivity index (χ2n) is 13.8. The summed E-state index contributed by atoms with van der Waals surface area (Å²) in [5.74, 6) is 0.634. The van der Waals surface area contributed by atoms with Gasteiger partial charge in [0.25, 0.3) is 0 Å². The van der Waals surface area contributed by atoms with Gasteiger partial charge in [0, 0.05) is 62.2 Å². The van der Waals surface area contributed by atoms with Crippen molar-refractivity contribution in [3.63, 3.8) is 0 Å². The van der Waals surface area contributed by atoms with E-state index in [1.807, 2.05) is 127 Å². The van der Waals surface area contributed by atoms with Gasteiger partial charge in [-0.2, -0.15) is 0 Å². The van der Waals surface area contributed by atoms with Crippen LogP contribution < -0.4 is 0 Å². The Labute approximate surface area is 343 Å². The van der Waals surface area contributed by atoms with E-state index < -0.39 is 0 Å². The number of fused-ring (bicyclic) bond motifs is 9. The third kappa shape index (κ3) is 5.30. The molecule has 0 spiro atoms. The van der Waals surface area contributed by atoms with Crippen molar-refractivity contribution >= 4 is 85.0 Å². The highest BCUT2D eigenvalue weighted by atomic mass is 32.1. The minimum atomic E-state index is -0.268. The minimum absolute atomic E-state index is 0.0404. The molecule has 0 bridgehead atoms. The highest BCUT2D eigenvalue weighted by Gasteiger charge is 2.19. The summed E-state index contributed by atoms with van der Waals surface area (Å²) < 4.78 is 65.5. The normalized spacial score (nSPS) is 13.3. The molecule has 0 aliphatic carbocycles. The smallest absolute Gasteiger partial charge is 0.167 e. The highest BCUT2D eigenvalue weighted by Crippen LogP contribution is 2.44. The molecule has 0 unspecified atom stereocenters. The summed E-state index contributed by atoms with van der Waals surface area (Å²) in [6.45, 7) is 0. The van der Waals surface area contributed by atoms with Crippen molar-refractivity contribution < 1.29 is 12.6 Å². The summed E-state index contributed by atoms with van der Waals surface area (Å²) in [5, 5.41) is 4.75. The van der Waals surface area contributed by atoms with Crippen molar-refractivity contribution in [3.05, 3.63) is 176 Å². The zero-order valence-electron chi connectivity index (χ0n) is 35.8. The lowest BCUT2D eigenvalue weighted by Crippen LogP contribution is -2.00. The van der Waals surface area contributed by atoms with Crippen LogP contribution in [-0.4, -0.2) is 15.0 Å². The van der Waals surface area contributed by atoms with E-state index in [9.17, 15) is 5.48 Å². The number of aromatic nitrogens is 3. The fraction of sp³-hybridized carbons (Fsp3) is 0. The van der Waals surface area contributed by atoms with Gasteiger partial charge < -0.3 is 4.42 Å². The molecule has 0 aliphatic heterocycles. The molecule has 0 radical (unpaired) electrons. The Morgan fingerprint density at radius 1 is 0.421 bits per heavy atom. The Bertz CT molecular complexity index is 3880. The minimum Gasteiger partial charge on any atom is -0.455 e. The fourth-order valence-electron chi connectivity index (χ4n) is 7.76. The molecule has 0 amide bonds. The zero-order chi connectivity index (χ0) is 42.7. The molecule has 12 aromatic rings. The van der Waals surface area contributed by atoms with Gasteiger partial charge in [-0.15, -0.1) is 22.7 Å². The molecule has 12 rings (SSSR count). The van der Waals surface area contributed by atoms with Gasteiger partial charge in [-0.05, 0) is 58.6 Å². The molecular formula is C51H29N3OS2. The molecule has 4 nitrogen and oxygen atoms in total. The van der Waals surface area contributed by atoms with Gasteiger partial charge in [-0.3, -0.25) is 0 Å². The number of hydrogen-bond acceptors (Lipinski definition) is 6. The van der Waals surface area contributed by atoms with Crippen LogP contribution in [0.1, 0.15) is 8.22 Å². The zero-order valence-corrected chi connectivity index (χ0v) is 31.5. The van der Waals surface area contributed by atoms with Crippen molar-refractivity contribution in [2.24, 2.45) is 0 Å². The molecular weight excluding hydrogens is 735 g/mol. The summed E-state index contributed by atoms with van der Waals surface area (Å²) in [4.78, 5) is 14.9. The summed E-state index contributed by atoms with van der Waals surface area (Å²) in [6, 6.07) is 44.6. The average molecular weight is 770 g/mol. The van der Waals surface area contributed by atoms with E-state index >= 15 is 0 Å². The van der Waals surface area contributed by atoms with Crippen LogP contribution in [-0.2, 0) is 0 Å². The quantitative estimate of drug-likeness (QED) is 0.175. The number of thiophene rings is 2. The van der Waals surface area contributed by atoms with Crippen LogP contribution in [0, 0.1) is 0 Å². The molecule has 0 N–H and O–H groups in total. The molecule has 4 aromatic heterocycles. The second-order valence-corrected chi connectivity index (χ2v) is 16.0. The van der Waals surface area contributed by atoms with E-state index in [0.717, 1.165) is 53.4 Å². The predicted octanol–water partition coefficient (Wildman–Crippen LogP) is 14.8. The molecule has 0 aliphatic rings. The van der Waals surface area contributed by atoms with Crippen LogP contribution in [0.3, 0.4) is 0 Å². The number of furan rings is 1. The molecule has 0 saturated heterocycles. The van der Waals surface area contributed by atoms with Crippen molar-refractivity contribution in [1.29, 1.82) is 0 Å². The number of para-hydroxylation sites is 2. The summed E-state index contributed by atoms with van der Waals surface area (Å²) >= 11 is 2.76. The fourth-order valence-corrected chi connectivity index (χ4v) is 9.93. The van der Waals surface area contributed by atoms with Crippen LogP contribution in [0.25, 0.3) is 119 Å². The van der Waals surface area contributed by atoms with Gasteiger partial charge in [-0.1, -0.05) is 139 Å². The van der Waals surface area contributed by atoms with Gasteiger partial charge in [0.1, 0.15) is 11.2 Å². The molecule has 0 atom stereocenters. The van der Waals surface area contributed by atoms with E-state index in [2.05, 4.69) is 12.1 Å². The lowest BCUT2D eigenvalue weighted by atomic mass is 9.98. The standard InChI is InChI=1S/C51H29N3OS2/c1-2-10-30(11-3-1)31-20-22-32(23-21-31)49-52-50(54-51(53-49)41-16-8-15-39-36-12-4-6-17-42(36)55-48(39)41)34-25-27-40-46(29-34)57-44-19-9-14-35(47(40)44)33-24-26-38-37-13-5-7-18-43(37)56-45(38)28-33/h1-29H/i9D,14D,19D,25D,27D,29D. The van der Waals surface area contributed by atoms with E-state index in [0.29, 0.717) is 59.4 Å². The molecule has 0 saturated carbocycles.